The van der Waals surface area contributed by atoms with Gasteiger partial charge < -0.3 is 69.7 Å². The maximum absolute atomic E-state index is 14.1. The van der Waals surface area contributed by atoms with Crippen LogP contribution in [0.4, 0.5) is 0 Å². The van der Waals surface area contributed by atoms with Gasteiger partial charge in [-0.15, -0.1) is 0 Å². The van der Waals surface area contributed by atoms with E-state index in [9.17, 15) is 66.7 Å². The molecule has 2 aliphatic heterocycles. The van der Waals surface area contributed by atoms with Gasteiger partial charge >= 0.3 is 26.8 Å². The van der Waals surface area contributed by atoms with Gasteiger partial charge in [-0.2, -0.15) is 16.8 Å². The summed E-state index contributed by atoms with van der Waals surface area (Å²) in [6, 6.07) is -1.42. The van der Waals surface area contributed by atoms with Crippen molar-refractivity contribution in [3.05, 3.63) is 0 Å². The summed E-state index contributed by atoms with van der Waals surface area (Å²) in [5.74, 6) is -4.81. The fraction of sp³-hybridized carbons (Fsp3) is 0.902. The molecule has 26 nitrogen and oxygen atoms in total. The highest BCUT2D eigenvalue weighted by Crippen LogP contribution is 2.40. The Balaban J connectivity index is 1.61. The second-order valence-corrected chi connectivity index (χ2v) is 20.5. The zero-order valence-corrected chi connectivity index (χ0v) is 40.6. The number of amides is 2. The SMILES string of the molecule is CCC1CC(C(=O)CCCNC(=O)C(COC)(COS(=O)(=O)O)COS(=O)(=O)O)C[C@@H](O[C@@H]2O[C@@H](CO)[C@H](O)C(O[C@@H](CC3CCCCC3)C(=O)O)C2NC(C)=O)[C@@H]1O[C@@H]1OC(C)[C@@H](O)[C@H](O)C1O. The van der Waals surface area contributed by atoms with Gasteiger partial charge in [0.1, 0.15) is 53.9 Å². The number of aliphatic hydroxyl groups is 5. The minimum absolute atomic E-state index is 0.0118. The summed E-state index contributed by atoms with van der Waals surface area (Å²) in [4.78, 5) is 52.9. The Kier molecular flexibility index (Phi) is 22.5. The fourth-order valence-electron chi connectivity index (χ4n) is 9.45. The van der Waals surface area contributed by atoms with Crippen LogP contribution in [-0.4, -0.2) is 200 Å². The monoisotopic (exact) mass is 1040 g/mol. The van der Waals surface area contributed by atoms with Crippen molar-refractivity contribution in [3.8, 4) is 0 Å². The molecule has 0 bridgehead atoms. The number of rotatable bonds is 26. The number of hydrogen-bond acceptors (Lipinski definition) is 21. The molecule has 0 aromatic carbocycles. The van der Waals surface area contributed by atoms with E-state index in [0.29, 0.717) is 6.42 Å². The number of carboxylic acids is 1. The van der Waals surface area contributed by atoms with Crippen LogP contribution in [0.15, 0.2) is 0 Å². The Labute approximate surface area is 400 Å². The molecule has 0 spiro atoms. The zero-order valence-electron chi connectivity index (χ0n) is 39.0. The number of carbonyl (C=O) groups is 4. The van der Waals surface area contributed by atoms with E-state index >= 15 is 0 Å². The third-order valence-electron chi connectivity index (χ3n) is 13.2. The normalized spacial score (nSPS) is 33.3. The Morgan fingerprint density at radius 1 is 0.826 bits per heavy atom. The summed E-state index contributed by atoms with van der Waals surface area (Å²) in [6.07, 6.45) is -12.9. The van der Waals surface area contributed by atoms with Gasteiger partial charge in [0.25, 0.3) is 0 Å². The molecule has 0 radical (unpaired) electrons. The van der Waals surface area contributed by atoms with E-state index < -0.39 is 162 Å². The van der Waals surface area contributed by atoms with Crippen LogP contribution >= 0.6 is 0 Å². The summed E-state index contributed by atoms with van der Waals surface area (Å²) in [6.45, 7) is 0.205. The summed E-state index contributed by atoms with van der Waals surface area (Å²) < 4.78 is 108. The van der Waals surface area contributed by atoms with Crippen LogP contribution in [0.2, 0.25) is 0 Å². The average molecular weight is 1040 g/mol. The van der Waals surface area contributed by atoms with Crippen LogP contribution in [0.1, 0.15) is 91.4 Å². The van der Waals surface area contributed by atoms with Gasteiger partial charge in [-0.05, 0) is 44.4 Å². The van der Waals surface area contributed by atoms with E-state index in [-0.39, 0.29) is 50.4 Å². The van der Waals surface area contributed by atoms with E-state index in [1.165, 1.54) is 6.92 Å². The summed E-state index contributed by atoms with van der Waals surface area (Å²) >= 11 is 0. The van der Waals surface area contributed by atoms with E-state index in [4.69, 9.17) is 37.5 Å². The first-order chi connectivity index (χ1) is 32.3. The molecule has 15 atom stereocenters. The van der Waals surface area contributed by atoms with Crippen molar-refractivity contribution in [1.29, 1.82) is 0 Å². The first kappa shape index (κ1) is 58.9. The molecule has 2 aliphatic carbocycles. The Morgan fingerprint density at radius 2 is 1.46 bits per heavy atom. The number of carboxylic acid groups (broad SMARTS) is 1. The summed E-state index contributed by atoms with van der Waals surface area (Å²) in [5.41, 5.74) is -2.27. The van der Waals surface area contributed by atoms with Gasteiger partial charge in [-0.1, -0.05) is 45.4 Å². The second kappa shape index (κ2) is 26.4. The average Bonchev–Trinajstić information content (AvgIpc) is 3.28. The third kappa shape index (κ3) is 17.0. The largest absolute Gasteiger partial charge is 0.479 e. The van der Waals surface area contributed by atoms with Crippen molar-refractivity contribution >= 4 is 44.4 Å². The zero-order chi connectivity index (χ0) is 51.4. The van der Waals surface area contributed by atoms with Crippen molar-refractivity contribution in [2.24, 2.45) is 23.2 Å². The fourth-order valence-corrected chi connectivity index (χ4v) is 10.2. The molecule has 0 aromatic heterocycles. The first-order valence-corrected chi connectivity index (χ1v) is 25.7. The highest BCUT2D eigenvalue weighted by atomic mass is 32.3. The van der Waals surface area contributed by atoms with Crippen LogP contribution in [0.5, 0.6) is 0 Å². The number of methoxy groups -OCH3 is 1. The molecule has 2 saturated carbocycles. The molecule has 2 amide bonds. The molecule has 4 aliphatic rings. The van der Waals surface area contributed by atoms with E-state index in [1.807, 2.05) is 0 Å². The standard InChI is InChI=1S/C41H70N2O24S2/c1-5-24-15-25(26(46)12-9-13-42-40(53)41(18-60-4,19-61-68(54,55)56)20-62-69(57,58)59)16-27(35(24)67-39-34(50)33(49)31(47)21(2)63-39)65-38-30(43-22(3)45)36(32(48)29(17-44)66-38)64-28(37(51)52)14-23-10-7-6-8-11-23/h21,23-25,27-36,38-39,44,47-50H,5-20H2,1-4H3,(H,42,53)(H,43,45)(H,51,52)(H,54,55,56)(H,57,58,59)/t21?,24?,25?,27-,28+,29+,30?,31-,32+,33+,34?,35-,36?,38-,39+/m1/s1. The molecule has 2 heterocycles. The summed E-state index contributed by atoms with van der Waals surface area (Å²) in [5, 5.41) is 69.2. The van der Waals surface area contributed by atoms with Gasteiger partial charge in [0.05, 0.1) is 44.7 Å². The van der Waals surface area contributed by atoms with E-state index in [0.717, 1.165) is 46.1 Å². The number of aliphatic carboxylic acids is 1. The van der Waals surface area contributed by atoms with Gasteiger partial charge in [0, 0.05) is 32.9 Å². The van der Waals surface area contributed by atoms with Crippen LogP contribution < -0.4 is 10.6 Å². The predicted molar refractivity (Wildman–Crippen MR) is 232 cm³/mol. The summed E-state index contributed by atoms with van der Waals surface area (Å²) in [7, 11) is -9.26. The lowest BCUT2D eigenvalue weighted by atomic mass is 9.74. The number of ether oxygens (including phenoxy) is 6. The molecule has 10 N–H and O–H groups in total. The van der Waals surface area contributed by atoms with Crippen molar-refractivity contribution in [3.63, 3.8) is 0 Å². The van der Waals surface area contributed by atoms with Crippen LogP contribution in [-0.2, 0) is 76.8 Å². The maximum Gasteiger partial charge on any atom is 0.397 e. The minimum atomic E-state index is -5.17. The van der Waals surface area contributed by atoms with E-state index in [2.05, 4.69) is 19.0 Å². The molecule has 28 heteroatoms. The first-order valence-electron chi connectivity index (χ1n) is 23.0. The Morgan fingerprint density at radius 3 is 2.01 bits per heavy atom. The van der Waals surface area contributed by atoms with Crippen molar-refractivity contribution in [2.75, 3.05) is 40.1 Å². The molecular formula is C41H70N2O24S2. The Hall–Kier alpha value is -2.62. The molecule has 4 fully saturated rings. The highest BCUT2D eigenvalue weighted by molar-refractivity contribution is 7.81. The molecule has 0 aromatic rings. The lowest BCUT2D eigenvalue weighted by Gasteiger charge is -2.49. The van der Waals surface area contributed by atoms with Crippen molar-refractivity contribution in [1.82, 2.24) is 10.6 Å². The van der Waals surface area contributed by atoms with Gasteiger partial charge in [0.15, 0.2) is 18.7 Å². The third-order valence-corrected chi connectivity index (χ3v) is 14.0. The van der Waals surface area contributed by atoms with Crippen molar-refractivity contribution in [2.45, 2.75) is 171 Å². The van der Waals surface area contributed by atoms with Gasteiger partial charge in [-0.25, -0.2) is 13.2 Å². The van der Waals surface area contributed by atoms with Crippen molar-refractivity contribution < 1.29 is 113 Å². The molecule has 69 heavy (non-hydrogen) atoms. The highest BCUT2D eigenvalue weighted by Gasteiger charge is 2.53. The van der Waals surface area contributed by atoms with Crippen LogP contribution in [0.3, 0.4) is 0 Å². The predicted octanol–water partition coefficient (Wildman–Crippen LogP) is -1.85. The smallest absolute Gasteiger partial charge is 0.397 e. The van der Waals surface area contributed by atoms with E-state index in [1.54, 1.807) is 6.92 Å². The van der Waals surface area contributed by atoms with Crippen LogP contribution in [0, 0.1) is 23.2 Å². The second-order valence-electron chi connectivity index (χ2n) is 18.3. The quantitative estimate of drug-likeness (QED) is 0.0336. The number of carbonyl (C=O) groups excluding carboxylic acids is 3. The molecule has 400 valence electrons. The molecular weight excluding hydrogens is 969 g/mol. The van der Waals surface area contributed by atoms with Crippen LogP contribution in [0.25, 0.3) is 0 Å². The number of hydrogen-bond donors (Lipinski definition) is 10. The lowest BCUT2D eigenvalue weighted by Crippen LogP contribution is -2.67. The molecule has 2 saturated heterocycles. The van der Waals surface area contributed by atoms with Gasteiger partial charge in [0.2, 0.25) is 11.8 Å². The number of Topliss-reactive ketones (excluding diaryl/α,β-unsaturated/α-hetero) is 1. The number of nitrogens with one attached hydrogen (secondary N) is 2. The lowest BCUT2D eigenvalue weighted by molar-refractivity contribution is -0.338. The molecule has 4 rings (SSSR count). The number of ketones is 1. The number of aliphatic hydroxyl groups excluding tert-OH is 5. The topological polar surface area (TPSA) is 396 Å². The molecule has 6 unspecified atom stereocenters. The Bertz CT molecular complexity index is 1870. The maximum atomic E-state index is 14.1. The van der Waals surface area contributed by atoms with Gasteiger partial charge in [-0.3, -0.25) is 23.5 Å². The minimum Gasteiger partial charge on any atom is -0.479 e.